The van der Waals surface area contributed by atoms with Gasteiger partial charge in [-0.2, -0.15) is 4.57 Å². The van der Waals surface area contributed by atoms with Crippen LogP contribution in [0.3, 0.4) is 0 Å². The highest BCUT2D eigenvalue weighted by atomic mass is 15.1. The van der Waals surface area contributed by atoms with Gasteiger partial charge in [-0.1, -0.05) is 167 Å². The average molecular weight is 538 g/mol. The molecule has 0 aliphatic heterocycles. The number of unbranched alkanes of at least 4 members (excludes halogenated alkanes) is 22. The van der Waals surface area contributed by atoms with Gasteiger partial charge in [-0.15, -0.1) is 0 Å². The van der Waals surface area contributed by atoms with Crippen molar-refractivity contribution in [2.24, 2.45) is 0 Å². The second-order valence-electron chi connectivity index (χ2n) is 12.1. The van der Waals surface area contributed by atoms with Gasteiger partial charge in [0.25, 0.3) is 5.82 Å². The summed E-state index contributed by atoms with van der Waals surface area (Å²) in [6.45, 7) is 5.77. The summed E-state index contributed by atoms with van der Waals surface area (Å²) in [6, 6.07) is 10.9. The van der Waals surface area contributed by atoms with E-state index >= 15 is 0 Å². The molecule has 0 bridgehead atoms. The van der Waals surface area contributed by atoms with Crippen LogP contribution in [0.1, 0.15) is 174 Å². The first-order valence-corrected chi connectivity index (χ1v) is 17.5. The normalized spacial score (nSPS) is 11.4. The number of nitrogens with zero attached hydrogens (tertiary/aromatic N) is 2. The van der Waals surface area contributed by atoms with Crippen molar-refractivity contribution in [2.75, 3.05) is 0 Å². The Labute approximate surface area is 244 Å². The summed E-state index contributed by atoms with van der Waals surface area (Å²) >= 11 is 0. The number of imidazole rings is 1. The zero-order valence-electron chi connectivity index (χ0n) is 26.3. The van der Waals surface area contributed by atoms with Crippen LogP contribution < -0.4 is 4.57 Å². The molecule has 2 rings (SSSR count). The topological polar surface area (TPSA) is 8.81 Å². The van der Waals surface area contributed by atoms with Crippen molar-refractivity contribution in [1.82, 2.24) is 4.57 Å². The molecule has 222 valence electrons. The van der Waals surface area contributed by atoms with E-state index in [2.05, 4.69) is 65.7 Å². The summed E-state index contributed by atoms with van der Waals surface area (Å²) in [5, 5.41) is 0. The van der Waals surface area contributed by atoms with Crippen molar-refractivity contribution in [3.63, 3.8) is 0 Å². The van der Waals surface area contributed by atoms with Crippen LogP contribution in [0.25, 0.3) is 5.69 Å². The van der Waals surface area contributed by atoms with Gasteiger partial charge in [-0.3, -0.25) is 0 Å². The molecule has 1 aromatic heterocycles. The van der Waals surface area contributed by atoms with Crippen LogP contribution in [0.5, 0.6) is 0 Å². The fourth-order valence-corrected chi connectivity index (χ4v) is 6.00. The lowest BCUT2D eigenvalue weighted by molar-refractivity contribution is -0.704. The molecule has 0 aliphatic rings. The maximum atomic E-state index is 2.55. The molecule has 0 N–H and O–H groups in total. The van der Waals surface area contributed by atoms with Gasteiger partial charge in [-0.05, 0) is 31.4 Å². The molecule has 0 fully saturated rings. The van der Waals surface area contributed by atoms with Gasteiger partial charge in [-0.25, -0.2) is 4.57 Å². The predicted molar refractivity (Wildman–Crippen MR) is 172 cm³/mol. The van der Waals surface area contributed by atoms with E-state index in [4.69, 9.17) is 0 Å². The molecule has 2 nitrogen and oxygen atoms in total. The lowest BCUT2D eigenvalue weighted by Crippen LogP contribution is -2.37. The Kier molecular flexibility index (Phi) is 20.9. The second-order valence-corrected chi connectivity index (χ2v) is 12.1. The lowest BCUT2D eigenvalue weighted by atomic mass is 10.0. The van der Waals surface area contributed by atoms with E-state index in [1.165, 1.54) is 179 Å². The van der Waals surface area contributed by atoms with Crippen molar-refractivity contribution in [1.29, 1.82) is 0 Å². The van der Waals surface area contributed by atoms with Crippen LogP contribution in [-0.2, 0) is 13.0 Å². The van der Waals surface area contributed by atoms with Crippen molar-refractivity contribution in [2.45, 2.75) is 181 Å². The fraction of sp³-hybridized carbons (Fsp3) is 0.757. The van der Waals surface area contributed by atoms with E-state index < -0.39 is 0 Å². The Morgan fingerprint density at radius 3 is 1.36 bits per heavy atom. The van der Waals surface area contributed by atoms with Gasteiger partial charge in [0.1, 0.15) is 18.1 Å². The maximum absolute atomic E-state index is 2.55. The molecule has 0 aliphatic carbocycles. The number of hydrogen-bond acceptors (Lipinski definition) is 0. The SMILES string of the molecule is CCCCCCCCCCCCCCCCCCCc1n(-c2ccccc2)cc[n+]1CCCCCCCCC. The number of aromatic nitrogens is 2. The summed E-state index contributed by atoms with van der Waals surface area (Å²) in [6.07, 6.45) is 39.8. The number of rotatable bonds is 27. The van der Waals surface area contributed by atoms with Crippen molar-refractivity contribution < 1.29 is 4.57 Å². The molecule has 0 saturated heterocycles. The molecule has 2 aromatic rings. The molecule has 0 radical (unpaired) electrons. The highest BCUT2D eigenvalue weighted by molar-refractivity contribution is 5.31. The highest BCUT2D eigenvalue weighted by Crippen LogP contribution is 2.16. The van der Waals surface area contributed by atoms with Crippen LogP contribution in [0, 0.1) is 0 Å². The molecule has 1 aromatic carbocycles. The fourth-order valence-electron chi connectivity index (χ4n) is 6.00. The van der Waals surface area contributed by atoms with Gasteiger partial charge < -0.3 is 0 Å². The quantitative estimate of drug-likeness (QED) is 0.0791. The van der Waals surface area contributed by atoms with Crippen molar-refractivity contribution in [3.8, 4) is 5.69 Å². The molecule has 39 heavy (non-hydrogen) atoms. The highest BCUT2D eigenvalue weighted by Gasteiger charge is 2.18. The minimum atomic E-state index is 1.17. The molecule has 0 spiro atoms. The minimum absolute atomic E-state index is 1.17. The van der Waals surface area contributed by atoms with E-state index in [1.54, 1.807) is 0 Å². The molecular weight excluding hydrogens is 472 g/mol. The zero-order valence-corrected chi connectivity index (χ0v) is 26.3. The Balaban J connectivity index is 1.56. The maximum Gasteiger partial charge on any atom is 0.261 e. The number of aryl methyl sites for hydroxylation is 1. The molecule has 0 amide bonds. The van der Waals surface area contributed by atoms with Crippen LogP contribution in [0.15, 0.2) is 42.7 Å². The monoisotopic (exact) mass is 538 g/mol. The first kappa shape index (κ1) is 33.6. The lowest BCUT2D eigenvalue weighted by Gasteiger charge is -2.07. The van der Waals surface area contributed by atoms with Crippen LogP contribution in [-0.4, -0.2) is 4.57 Å². The summed E-state index contributed by atoms with van der Waals surface area (Å²) in [5.41, 5.74) is 1.30. The molecule has 0 unspecified atom stereocenters. The Hall–Kier alpha value is -1.57. The predicted octanol–water partition coefficient (Wildman–Crippen LogP) is 11.7. The molecule has 0 saturated carbocycles. The Bertz CT molecular complexity index is 778. The van der Waals surface area contributed by atoms with E-state index in [0.717, 1.165) is 0 Å². The summed E-state index contributed by atoms with van der Waals surface area (Å²) in [4.78, 5) is 0. The van der Waals surface area contributed by atoms with Gasteiger partial charge >= 0.3 is 0 Å². The number of benzene rings is 1. The van der Waals surface area contributed by atoms with E-state index in [9.17, 15) is 0 Å². The molecule has 0 atom stereocenters. The summed E-state index contributed by atoms with van der Waals surface area (Å²) in [5.74, 6) is 1.49. The first-order valence-electron chi connectivity index (χ1n) is 17.5. The van der Waals surface area contributed by atoms with Gasteiger partial charge in [0, 0.05) is 6.42 Å². The third kappa shape index (κ3) is 16.3. The van der Waals surface area contributed by atoms with Gasteiger partial charge in [0.2, 0.25) is 0 Å². The number of hydrogen-bond donors (Lipinski definition) is 0. The van der Waals surface area contributed by atoms with Crippen LogP contribution in [0.4, 0.5) is 0 Å². The van der Waals surface area contributed by atoms with Gasteiger partial charge in [0.05, 0.1) is 6.54 Å². The first-order chi connectivity index (χ1) is 19.4. The van der Waals surface area contributed by atoms with E-state index in [1.807, 2.05) is 0 Å². The third-order valence-corrected chi connectivity index (χ3v) is 8.55. The van der Waals surface area contributed by atoms with E-state index in [0.29, 0.717) is 0 Å². The standard InChI is InChI=1S/C37H65N2/c1-3-5-7-9-11-12-13-14-15-16-17-18-19-20-21-23-28-32-37-38(33-29-24-22-10-8-6-4-2)34-35-39(37)36-30-26-25-27-31-36/h25-27,30-31,34-35H,3-24,28-29,32-33H2,1-2H3/q+1. The van der Waals surface area contributed by atoms with Gasteiger partial charge in [0.15, 0.2) is 0 Å². The minimum Gasteiger partial charge on any atom is -0.234 e. The summed E-state index contributed by atoms with van der Waals surface area (Å²) in [7, 11) is 0. The number of para-hydroxylation sites is 1. The third-order valence-electron chi connectivity index (χ3n) is 8.55. The Morgan fingerprint density at radius 1 is 0.487 bits per heavy atom. The smallest absolute Gasteiger partial charge is 0.234 e. The largest absolute Gasteiger partial charge is 0.261 e. The second kappa shape index (κ2) is 24.2. The van der Waals surface area contributed by atoms with E-state index in [-0.39, 0.29) is 0 Å². The van der Waals surface area contributed by atoms with Crippen molar-refractivity contribution in [3.05, 3.63) is 48.5 Å². The summed E-state index contributed by atoms with van der Waals surface area (Å²) < 4.78 is 4.99. The van der Waals surface area contributed by atoms with Crippen molar-refractivity contribution >= 4 is 0 Å². The Morgan fingerprint density at radius 2 is 0.897 bits per heavy atom. The average Bonchev–Trinajstić information content (AvgIpc) is 3.37. The molecule has 1 heterocycles. The molecule has 2 heteroatoms. The molecular formula is C37H65N2+. The van der Waals surface area contributed by atoms with Crippen LogP contribution in [0.2, 0.25) is 0 Å². The zero-order chi connectivity index (χ0) is 27.6. The van der Waals surface area contributed by atoms with Crippen LogP contribution >= 0.6 is 0 Å².